The van der Waals surface area contributed by atoms with Gasteiger partial charge in [0.05, 0.1) is 18.1 Å². The fourth-order valence-corrected chi connectivity index (χ4v) is 4.20. The van der Waals surface area contributed by atoms with Gasteiger partial charge in [-0.25, -0.2) is 9.99 Å². The van der Waals surface area contributed by atoms with Gasteiger partial charge in [-0.2, -0.15) is 5.10 Å². The number of amides is 1. The third kappa shape index (κ3) is 3.74. The maximum atomic E-state index is 13.1. The van der Waals surface area contributed by atoms with E-state index in [-0.39, 0.29) is 17.7 Å². The van der Waals surface area contributed by atoms with Crippen molar-refractivity contribution in [2.24, 2.45) is 5.10 Å². The molecule has 2 aromatic carbocycles. The molecular formula is C22H16ClN3O3S. The molecule has 0 bridgehead atoms. The van der Waals surface area contributed by atoms with Gasteiger partial charge in [0.25, 0.3) is 11.1 Å². The minimum atomic E-state index is -0.223. The van der Waals surface area contributed by atoms with Gasteiger partial charge in [-0.05, 0) is 42.0 Å². The van der Waals surface area contributed by atoms with Crippen LogP contribution in [-0.4, -0.2) is 27.4 Å². The molecule has 0 saturated carbocycles. The summed E-state index contributed by atoms with van der Waals surface area (Å²) in [7, 11) is 0. The predicted octanol–water partition coefficient (Wildman–Crippen LogP) is 5.54. The van der Waals surface area contributed by atoms with Crippen LogP contribution >= 0.6 is 23.4 Å². The van der Waals surface area contributed by atoms with Crippen LogP contribution in [0.5, 0.6) is 0 Å². The number of carbonyl (C=O) groups is 1. The first-order valence-electron chi connectivity index (χ1n) is 9.34. The predicted molar refractivity (Wildman–Crippen MR) is 116 cm³/mol. The summed E-state index contributed by atoms with van der Waals surface area (Å²) in [6.07, 6.45) is 2.16. The van der Waals surface area contributed by atoms with E-state index in [1.54, 1.807) is 6.26 Å². The number of fused-ring (bicyclic) bond motifs is 1. The standard InChI is InChI=1S/C22H16ClN3O3S/c23-15-9-7-14(8-10-15)18-12-17(19-6-3-11-28-19)25-26(18)21(27)13-30-22-24-16-4-1-2-5-20(16)29-22/h1-11,18H,12-13H2. The van der Waals surface area contributed by atoms with Gasteiger partial charge in [0, 0.05) is 11.4 Å². The molecule has 0 saturated heterocycles. The molecule has 1 aliphatic rings. The summed E-state index contributed by atoms with van der Waals surface area (Å²) in [5.41, 5.74) is 3.17. The van der Waals surface area contributed by atoms with E-state index in [2.05, 4.69) is 10.1 Å². The Balaban J connectivity index is 1.37. The van der Waals surface area contributed by atoms with Crippen LogP contribution in [0.1, 0.15) is 23.8 Å². The highest BCUT2D eigenvalue weighted by atomic mass is 35.5. The smallest absolute Gasteiger partial charge is 0.257 e. The number of hydrogen-bond acceptors (Lipinski definition) is 6. The average Bonchev–Trinajstić information content (AvgIpc) is 3.51. The fraction of sp³-hybridized carbons (Fsp3) is 0.136. The molecule has 6 nitrogen and oxygen atoms in total. The quantitative estimate of drug-likeness (QED) is 0.383. The monoisotopic (exact) mass is 437 g/mol. The molecule has 0 N–H and O–H groups in total. The lowest BCUT2D eigenvalue weighted by Gasteiger charge is -2.21. The molecule has 0 fully saturated rings. The lowest BCUT2D eigenvalue weighted by Crippen LogP contribution is -2.28. The maximum absolute atomic E-state index is 13.1. The first kappa shape index (κ1) is 19.0. The largest absolute Gasteiger partial charge is 0.463 e. The van der Waals surface area contributed by atoms with E-state index in [4.69, 9.17) is 20.4 Å². The lowest BCUT2D eigenvalue weighted by molar-refractivity contribution is -0.130. The van der Waals surface area contributed by atoms with Gasteiger partial charge in [0.1, 0.15) is 17.0 Å². The maximum Gasteiger partial charge on any atom is 0.257 e. The van der Waals surface area contributed by atoms with E-state index in [0.717, 1.165) is 16.8 Å². The van der Waals surface area contributed by atoms with Gasteiger partial charge in [-0.1, -0.05) is 47.6 Å². The van der Waals surface area contributed by atoms with E-state index >= 15 is 0 Å². The van der Waals surface area contributed by atoms with Crippen LogP contribution in [0.15, 0.2) is 86.1 Å². The van der Waals surface area contributed by atoms with Gasteiger partial charge in [-0.3, -0.25) is 4.79 Å². The van der Waals surface area contributed by atoms with Crippen molar-refractivity contribution < 1.29 is 13.6 Å². The molecule has 1 atom stereocenters. The molecule has 30 heavy (non-hydrogen) atoms. The molecule has 4 aromatic rings. The highest BCUT2D eigenvalue weighted by molar-refractivity contribution is 7.99. The number of hydrazone groups is 1. The number of hydrogen-bond donors (Lipinski definition) is 0. The van der Waals surface area contributed by atoms with Crippen molar-refractivity contribution in [3.8, 4) is 0 Å². The Hall–Kier alpha value is -3.03. The van der Waals surface area contributed by atoms with Gasteiger partial charge < -0.3 is 8.83 Å². The average molecular weight is 438 g/mol. The summed E-state index contributed by atoms with van der Waals surface area (Å²) in [6.45, 7) is 0. The number of halogens is 1. The summed E-state index contributed by atoms with van der Waals surface area (Å²) in [6, 6.07) is 18.4. The molecule has 2 aromatic heterocycles. The van der Waals surface area contributed by atoms with Crippen LogP contribution in [0.3, 0.4) is 0 Å². The molecule has 0 aliphatic carbocycles. The zero-order chi connectivity index (χ0) is 20.5. The Morgan fingerprint density at radius 3 is 2.73 bits per heavy atom. The van der Waals surface area contributed by atoms with E-state index in [1.165, 1.54) is 16.8 Å². The van der Waals surface area contributed by atoms with E-state index in [0.29, 0.717) is 28.0 Å². The second kappa shape index (κ2) is 8.01. The van der Waals surface area contributed by atoms with Crippen molar-refractivity contribution in [2.75, 3.05) is 5.75 Å². The Morgan fingerprint density at radius 2 is 1.97 bits per heavy atom. The summed E-state index contributed by atoms with van der Waals surface area (Å²) >= 11 is 7.29. The Morgan fingerprint density at radius 1 is 1.13 bits per heavy atom. The molecular weight excluding hydrogens is 422 g/mol. The minimum Gasteiger partial charge on any atom is -0.463 e. The van der Waals surface area contributed by atoms with E-state index in [1.807, 2.05) is 60.7 Å². The summed E-state index contributed by atoms with van der Waals surface area (Å²) in [5, 5.41) is 7.21. The molecule has 0 spiro atoms. The number of para-hydroxylation sites is 2. The Bertz CT molecular complexity index is 1190. The molecule has 0 radical (unpaired) electrons. The lowest BCUT2D eigenvalue weighted by atomic mass is 10.0. The third-order valence-electron chi connectivity index (χ3n) is 4.82. The Labute approximate surface area is 181 Å². The second-order valence-corrected chi connectivity index (χ2v) is 8.13. The molecule has 1 aliphatic heterocycles. The van der Waals surface area contributed by atoms with Crippen LogP contribution in [0.25, 0.3) is 11.1 Å². The first-order valence-corrected chi connectivity index (χ1v) is 10.7. The zero-order valence-electron chi connectivity index (χ0n) is 15.7. The van der Waals surface area contributed by atoms with Crippen LogP contribution in [0, 0.1) is 0 Å². The fourth-order valence-electron chi connectivity index (χ4n) is 3.38. The number of aromatic nitrogens is 1. The van der Waals surface area contributed by atoms with E-state index < -0.39 is 0 Å². The summed E-state index contributed by atoms with van der Waals surface area (Å²) in [4.78, 5) is 17.5. The Kier molecular flexibility index (Phi) is 5.06. The van der Waals surface area contributed by atoms with Crippen LogP contribution < -0.4 is 0 Å². The topological polar surface area (TPSA) is 71.8 Å². The van der Waals surface area contributed by atoms with Gasteiger partial charge in [0.2, 0.25) is 0 Å². The number of furan rings is 1. The van der Waals surface area contributed by atoms with Crippen molar-refractivity contribution in [3.63, 3.8) is 0 Å². The minimum absolute atomic E-state index is 0.135. The highest BCUT2D eigenvalue weighted by Crippen LogP contribution is 2.34. The molecule has 8 heteroatoms. The SMILES string of the molecule is O=C(CSc1nc2ccccc2o1)N1N=C(c2ccco2)CC1c1ccc(Cl)cc1. The first-order chi connectivity index (χ1) is 14.7. The zero-order valence-corrected chi connectivity index (χ0v) is 17.3. The van der Waals surface area contributed by atoms with Gasteiger partial charge in [0.15, 0.2) is 5.58 Å². The molecule has 1 unspecified atom stereocenters. The van der Waals surface area contributed by atoms with Crippen LogP contribution in [0.2, 0.25) is 5.02 Å². The van der Waals surface area contributed by atoms with Crippen molar-refractivity contribution in [3.05, 3.63) is 83.3 Å². The molecule has 1 amide bonds. The van der Waals surface area contributed by atoms with Crippen molar-refractivity contribution in [1.82, 2.24) is 9.99 Å². The molecule has 3 heterocycles. The number of nitrogens with zero attached hydrogens (tertiary/aromatic N) is 3. The van der Waals surface area contributed by atoms with Crippen molar-refractivity contribution in [2.45, 2.75) is 17.7 Å². The highest BCUT2D eigenvalue weighted by Gasteiger charge is 2.34. The van der Waals surface area contributed by atoms with Gasteiger partial charge >= 0.3 is 0 Å². The normalized spacial score (nSPS) is 16.2. The molecule has 5 rings (SSSR count). The van der Waals surface area contributed by atoms with Gasteiger partial charge in [-0.15, -0.1) is 0 Å². The number of benzene rings is 2. The van der Waals surface area contributed by atoms with E-state index in [9.17, 15) is 4.79 Å². The number of thioether (sulfide) groups is 1. The van der Waals surface area contributed by atoms with Crippen LogP contribution in [-0.2, 0) is 4.79 Å². The summed E-state index contributed by atoms with van der Waals surface area (Å²) in [5.74, 6) is 0.686. The second-order valence-electron chi connectivity index (χ2n) is 6.77. The summed E-state index contributed by atoms with van der Waals surface area (Å²) < 4.78 is 11.2. The van der Waals surface area contributed by atoms with Crippen molar-refractivity contribution in [1.29, 1.82) is 0 Å². The third-order valence-corrected chi connectivity index (χ3v) is 5.88. The number of carbonyl (C=O) groups excluding carboxylic acids is 1. The van der Waals surface area contributed by atoms with Crippen LogP contribution in [0.4, 0.5) is 0 Å². The van der Waals surface area contributed by atoms with Crippen molar-refractivity contribution >= 4 is 46.1 Å². The number of oxazole rings is 1. The molecule has 150 valence electrons. The number of rotatable bonds is 5.